The zero-order valence-electron chi connectivity index (χ0n) is 12.1. The van der Waals surface area contributed by atoms with Gasteiger partial charge in [0, 0.05) is 41.0 Å². The molecule has 0 amide bonds. The standard InChI is InChI=1S/C17H12ClN3O/c1-10(22)11-5-12(9-20-8-11)17-15(7-19)14-4-3-13(18)6-16(14)21(17)2/h3-6,8-9H,1-2H3. The third-order valence-electron chi connectivity index (χ3n) is 3.69. The molecule has 0 aliphatic carbocycles. The van der Waals surface area contributed by atoms with E-state index in [1.807, 2.05) is 23.7 Å². The molecular formula is C17H12ClN3O. The average Bonchev–Trinajstić information content (AvgIpc) is 2.79. The number of benzene rings is 1. The fraction of sp³-hybridized carbons (Fsp3) is 0.118. The van der Waals surface area contributed by atoms with Crippen LogP contribution in [0.5, 0.6) is 0 Å². The minimum absolute atomic E-state index is 0.0605. The molecule has 1 aromatic carbocycles. The maximum Gasteiger partial charge on any atom is 0.161 e. The summed E-state index contributed by atoms with van der Waals surface area (Å²) >= 11 is 6.05. The van der Waals surface area contributed by atoms with Crippen LogP contribution in [0.25, 0.3) is 22.2 Å². The molecule has 4 nitrogen and oxygen atoms in total. The molecule has 108 valence electrons. The number of nitrogens with zero attached hydrogens (tertiary/aromatic N) is 3. The Labute approximate surface area is 132 Å². The summed E-state index contributed by atoms with van der Waals surface area (Å²) in [6.45, 7) is 1.49. The Hall–Kier alpha value is -2.64. The number of halogens is 1. The van der Waals surface area contributed by atoms with Crippen molar-refractivity contribution in [3.8, 4) is 17.3 Å². The maximum absolute atomic E-state index is 11.6. The number of Topliss-reactive ketones (excluding diaryl/α,β-unsaturated/α-hetero) is 1. The number of hydrogen-bond acceptors (Lipinski definition) is 3. The van der Waals surface area contributed by atoms with Gasteiger partial charge in [-0.3, -0.25) is 9.78 Å². The van der Waals surface area contributed by atoms with E-state index in [0.29, 0.717) is 16.1 Å². The van der Waals surface area contributed by atoms with E-state index in [4.69, 9.17) is 11.6 Å². The Morgan fingerprint density at radius 2 is 2.09 bits per heavy atom. The molecule has 0 radical (unpaired) electrons. The highest BCUT2D eigenvalue weighted by Gasteiger charge is 2.17. The Kier molecular flexibility index (Phi) is 3.44. The Balaban J connectivity index is 2.36. The summed E-state index contributed by atoms with van der Waals surface area (Å²) < 4.78 is 1.90. The summed E-state index contributed by atoms with van der Waals surface area (Å²) in [5.74, 6) is -0.0605. The summed E-state index contributed by atoms with van der Waals surface area (Å²) in [7, 11) is 1.87. The highest BCUT2D eigenvalue weighted by atomic mass is 35.5. The van der Waals surface area contributed by atoms with Gasteiger partial charge in [0.25, 0.3) is 0 Å². The molecule has 3 rings (SSSR count). The number of pyridine rings is 1. The third-order valence-corrected chi connectivity index (χ3v) is 3.93. The van der Waals surface area contributed by atoms with Crippen molar-refractivity contribution in [2.24, 2.45) is 7.05 Å². The van der Waals surface area contributed by atoms with Crippen molar-refractivity contribution >= 4 is 28.3 Å². The van der Waals surface area contributed by atoms with Gasteiger partial charge < -0.3 is 4.57 Å². The lowest BCUT2D eigenvalue weighted by Gasteiger charge is -2.06. The molecule has 0 saturated heterocycles. The van der Waals surface area contributed by atoms with Gasteiger partial charge in [0.2, 0.25) is 0 Å². The molecule has 0 aliphatic rings. The van der Waals surface area contributed by atoms with E-state index in [9.17, 15) is 10.1 Å². The van der Waals surface area contributed by atoms with Crippen LogP contribution in [0.4, 0.5) is 0 Å². The molecule has 0 atom stereocenters. The van der Waals surface area contributed by atoms with E-state index in [1.165, 1.54) is 13.1 Å². The van der Waals surface area contributed by atoms with E-state index in [0.717, 1.165) is 22.2 Å². The monoisotopic (exact) mass is 309 g/mol. The summed E-state index contributed by atoms with van der Waals surface area (Å²) in [6, 6.07) is 9.43. The predicted molar refractivity (Wildman–Crippen MR) is 85.9 cm³/mol. The van der Waals surface area contributed by atoms with Crippen molar-refractivity contribution in [3.63, 3.8) is 0 Å². The molecule has 0 unspecified atom stereocenters. The smallest absolute Gasteiger partial charge is 0.161 e. The molecule has 0 fully saturated rings. The maximum atomic E-state index is 11.6. The number of nitriles is 1. The Morgan fingerprint density at radius 3 is 2.77 bits per heavy atom. The molecule has 0 saturated carbocycles. The van der Waals surface area contributed by atoms with Crippen LogP contribution in [0.2, 0.25) is 5.02 Å². The molecule has 3 aromatic rings. The molecule has 0 aliphatic heterocycles. The van der Waals surface area contributed by atoms with Crippen molar-refractivity contribution < 1.29 is 4.79 Å². The Morgan fingerprint density at radius 1 is 1.32 bits per heavy atom. The van der Waals surface area contributed by atoms with Gasteiger partial charge in [0.05, 0.1) is 16.8 Å². The van der Waals surface area contributed by atoms with Crippen LogP contribution in [-0.4, -0.2) is 15.3 Å². The molecule has 0 bridgehead atoms. The summed E-state index contributed by atoms with van der Waals surface area (Å²) in [6.07, 6.45) is 3.18. The first-order valence-electron chi connectivity index (χ1n) is 6.67. The van der Waals surface area contributed by atoms with Crippen LogP contribution in [-0.2, 0) is 7.05 Å². The zero-order chi connectivity index (χ0) is 15.9. The number of fused-ring (bicyclic) bond motifs is 1. The van der Waals surface area contributed by atoms with Crippen molar-refractivity contribution in [2.45, 2.75) is 6.92 Å². The van der Waals surface area contributed by atoms with Crippen LogP contribution in [0, 0.1) is 11.3 Å². The minimum atomic E-state index is -0.0605. The highest BCUT2D eigenvalue weighted by Crippen LogP contribution is 2.33. The van der Waals surface area contributed by atoms with Gasteiger partial charge in [-0.25, -0.2) is 0 Å². The zero-order valence-corrected chi connectivity index (χ0v) is 12.8. The molecule has 0 spiro atoms. The topological polar surface area (TPSA) is 58.7 Å². The average molecular weight is 310 g/mol. The lowest BCUT2D eigenvalue weighted by molar-refractivity contribution is 0.101. The normalized spacial score (nSPS) is 10.6. The largest absolute Gasteiger partial charge is 0.342 e. The first-order valence-corrected chi connectivity index (χ1v) is 7.05. The lowest BCUT2D eigenvalue weighted by Crippen LogP contribution is -1.97. The number of rotatable bonds is 2. The molecule has 2 aromatic heterocycles. The number of hydrogen-bond donors (Lipinski definition) is 0. The first-order chi connectivity index (χ1) is 10.5. The molecule has 0 N–H and O–H groups in total. The molecule has 2 heterocycles. The minimum Gasteiger partial charge on any atom is -0.342 e. The van der Waals surface area contributed by atoms with Crippen LogP contribution >= 0.6 is 11.6 Å². The lowest BCUT2D eigenvalue weighted by atomic mass is 10.1. The van der Waals surface area contributed by atoms with Crippen LogP contribution in [0.3, 0.4) is 0 Å². The molecular weight excluding hydrogens is 298 g/mol. The van der Waals surface area contributed by atoms with E-state index in [1.54, 1.807) is 18.3 Å². The summed E-state index contributed by atoms with van der Waals surface area (Å²) in [5, 5.41) is 11.0. The van der Waals surface area contributed by atoms with Gasteiger partial charge in [0.1, 0.15) is 6.07 Å². The second kappa shape index (κ2) is 5.28. The molecule has 22 heavy (non-hydrogen) atoms. The number of carbonyl (C=O) groups excluding carboxylic acids is 1. The summed E-state index contributed by atoms with van der Waals surface area (Å²) in [4.78, 5) is 15.7. The summed E-state index contributed by atoms with van der Waals surface area (Å²) in [5.41, 5.74) is 3.41. The van der Waals surface area contributed by atoms with Gasteiger partial charge in [-0.15, -0.1) is 0 Å². The predicted octanol–water partition coefficient (Wildman–Crippen LogP) is 3.97. The van der Waals surface area contributed by atoms with Gasteiger partial charge in [-0.05, 0) is 31.2 Å². The van der Waals surface area contributed by atoms with Crippen LogP contribution in [0.1, 0.15) is 22.8 Å². The van der Waals surface area contributed by atoms with Crippen LogP contribution < -0.4 is 0 Å². The van der Waals surface area contributed by atoms with Crippen LogP contribution in [0.15, 0.2) is 36.7 Å². The fourth-order valence-corrected chi connectivity index (χ4v) is 2.79. The van der Waals surface area contributed by atoms with E-state index >= 15 is 0 Å². The van der Waals surface area contributed by atoms with E-state index in [-0.39, 0.29) is 5.78 Å². The van der Waals surface area contributed by atoms with Gasteiger partial charge in [-0.1, -0.05) is 11.6 Å². The van der Waals surface area contributed by atoms with Crippen molar-refractivity contribution in [1.29, 1.82) is 5.26 Å². The number of aromatic nitrogens is 2. The van der Waals surface area contributed by atoms with Gasteiger partial charge in [-0.2, -0.15) is 5.26 Å². The molecule has 5 heteroatoms. The third kappa shape index (κ3) is 2.16. The van der Waals surface area contributed by atoms with E-state index < -0.39 is 0 Å². The van der Waals surface area contributed by atoms with Crippen molar-refractivity contribution in [3.05, 3.63) is 52.8 Å². The van der Waals surface area contributed by atoms with Crippen molar-refractivity contribution in [1.82, 2.24) is 9.55 Å². The van der Waals surface area contributed by atoms with Gasteiger partial charge in [0.15, 0.2) is 5.78 Å². The number of ketones is 1. The Bertz CT molecular complexity index is 950. The SMILES string of the molecule is CC(=O)c1cncc(-c2c(C#N)c3ccc(Cl)cc3n2C)c1. The fourth-order valence-electron chi connectivity index (χ4n) is 2.62. The van der Waals surface area contributed by atoms with Gasteiger partial charge >= 0.3 is 0 Å². The van der Waals surface area contributed by atoms with E-state index in [2.05, 4.69) is 11.1 Å². The highest BCUT2D eigenvalue weighted by molar-refractivity contribution is 6.31. The van der Waals surface area contributed by atoms with Crippen molar-refractivity contribution in [2.75, 3.05) is 0 Å². The second-order valence-corrected chi connectivity index (χ2v) is 5.51. The number of carbonyl (C=O) groups is 1. The quantitative estimate of drug-likeness (QED) is 0.673. The first kappa shape index (κ1) is 14.3. The second-order valence-electron chi connectivity index (χ2n) is 5.07. The number of aryl methyl sites for hydroxylation is 1.